The van der Waals surface area contributed by atoms with Gasteiger partial charge in [-0.3, -0.25) is 4.79 Å². The van der Waals surface area contributed by atoms with Crippen molar-refractivity contribution in [3.8, 4) is 6.07 Å². The summed E-state index contributed by atoms with van der Waals surface area (Å²) in [6, 6.07) is 13.3. The molecule has 0 atom stereocenters. The van der Waals surface area contributed by atoms with Crippen LogP contribution in [0.3, 0.4) is 0 Å². The summed E-state index contributed by atoms with van der Waals surface area (Å²) in [4.78, 5) is 14.0. The van der Waals surface area contributed by atoms with Crippen LogP contribution in [0.2, 0.25) is 10.0 Å². The van der Waals surface area contributed by atoms with Crippen molar-refractivity contribution in [1.82, 2.24) is 9.21 Å². The minimum absolute atomic E-state index is 0.0682. The maximum atomic E-state index is 12.9. The van der Waals surface area contributed by atoms with Crippen LogP contribution in [0.4, 0.5) is 0 Å². The third-order valence-corrected chi connectivity index (χ3v) is 7.22. The Morgan fingerprint density at radius 3 is 2.29 bits per heavy atom. The van der Waals surface area contributed by atoms with E-state index in [0.717, 1.165) is 5.56 Å². The molecule has 28 heavy (non-hydrogen) atoms. The van der Waals surface area contributed by atoms with Gasteiger partial charge in [0, 0.05) is 31.2 Å². The van der Waals surface area contributed by atoms with Crippen LogP contribution < -0.4 is 0 Å². The van der Waals surface area contributed by atoms with Crippen molar-refractivity contribution in [3.63, 3.8) is 0 Å². The third-order valence-electron chi connectivity index (χ3n) is 4.60. The summed E-state index contributed by atoms with van der Waals surface area (Å²) < 4.78 is 27.1. The molecule has 3 rings (SSSR count). The molecule has 1 aliphatic rings. The van der Waals surface area contributed by atoms with Crippen LogP contribution in [0.15, 0.2) is 47.4 Å². The lowest BCUT2D eigenvalue weighted by molar-refractivity contribution is -0.131. The summed E-state index contributed by atoms with van der Waals surface area (Å²) in [7, 11) is -3.87. The van der Waals surface area contributed by atoms with Gasteiger partial charge >= 0.3 is 0 Å². The molecular weight excluding hydrogens is 421 g/mol. The molecule has 0 aliphatic carbocycles. The quantitative estimate of drug-likeness (QED) is 0.735. The molecule has 0 saturated carbocycles. The van der Waals surface area contributed by atoms with E-state index in [4.69, 9.17) is 23.2 Å². The maximum absolute atomic E-state index is 12.9. The third kappa shape index (κ3) is 4.15. The minimum Gasteiger partial charge on any atom is -0.340 e. The van der Waals surface area contributed by atoms with Crippen LogP contribution in [0.5, 0.6) is 0 Å². The molecule has 146 valence electrons. The van der Waals surface area contributed by atoms with Crippen molar-refractivity contribution in [3.05, 3.63) is 63.6 Å². The molecular formula is C19H17Cl2N3O3S. The molecule has 1 saturated heterocycles. The Kier molecular flexibility index (Phi) is 6.26. The van der Waals surface area contributed by atoms with E-state index in [0.29, 0.717) is 5.02 Å². The zero-order valence-corrected chi connectivity index (χ0v) is 17.1. The SMILES string of the molecule is N#Cc1c(Cl)cccc1S(=O)(=O)N1CCN(C(=O)Cc2ccccc2Cl)CC1. The highest BCUT2D eigenvalue weighted by Gasteiger charge is 2.32. The number of amides is 1. The fourth-order valence-corrected chi connectivity index (χ4v) is 5.12. The van der Waals surface area contributed by atoms with Crippen LogP contribution in [0, 0.1) is 11.3 Å². The Balaban J connectivity index is 1.70. The second kappa shape index (κ2) is 8.50. The van der Waals surface area contributed by atoms with Gasteiger partial charge in [0.25, 0.3) is 0 Å². The van der Waals surface area contributed by atoms with E-state index < -0.39 is 10.0 Å². The van der Waals surface area contributed by atoms with Crippen LogP contribution in [0.25, 0.3) is 0 Å². The smallest absolute Gasteiger partial charge is 0.244 e. The summed E-state index contributed by atoms with van der Waals surface area (Å²) in [6.45, 7) is 0.831. The number of hydrogen-bond donors (Lipinski definition) is 0. The molecule has 0 aromatic heterocycles. The second-order valence-corrected chi connectivity index (χ2v) is 9.00. The monoisotopic (exact) mass is 437 g/mol. The highest BCUT2D eigenvalue weighted by Crippen LogP contribution is 2.26. The van der Waals surface area contributed by atoms with Gasteiger partial charge in [-0.2, -0.15) is 9.57 Å². The van der Waals surface area contributed by atoms with Crippen molar-refractivity contribution in [2.45, 2.75) is 11.3 Å². The van der Waals surface area contributed by atoms with Crippen molar-refractivity contribution in [1.29, 1.82) is 5.26 Å². The molecule has 0 spiro atoms. The Labute approximate surface area is 173 Å². The van der Waals surface area contributed by atoms with Crippen molar-refractivity contribution in [2.24, 2.45) is 0 Å². The molecule has 0 bridgehead atoms. The maximum Gasteiger partial charge on any atom is 0.244 e. The van der Waals surface area contributed by atoms with Crippen LogP contribution in [-0.4, -0.2) is 49.7 Å². The van der Waals surface area contributed by atoms with E-state index in [2.05, 4.69) is 0 Å². The predicted molar refractivity (Wildman–Crippen MR) is 107 cm³/mol. The molecule has 0 radical (unpaired) electrons. The Hall–Kier alpha value is -2.11. The van der Waals surface area contributed by atoms with Gasteiger partial charge in [0.15, 0.2) is 0 Å². The van der Waals surface area contributed by atoms with Gasteiger partial charge in [-0.05, 0) is 23.8 Å². The van der Waals surface area contributed by atoms with Crippen molar-refractivity contribution in [2.75, 3.05) is 26.2 Å². The molecule has 0 N–H and O–H groups in total. The van der Waals surface area contributed by atoms with Crippen LogP contribution in [-0.2, 0) is 21.2 Å². The molecule has 9 heteroatoms. The average molecular weight is 438 g/mol. The number of nitrogens with zero attached hydrogens (tertiary/aromatic N) is 3. The second-order valence-electron chi connectivity index (χ2n) is 6.28. The lowest BCUT2D eigenvalue weighted by atomic mass is 10.1. The Morgan fingerprint density at radius 2 is 1.64 bits per heavy atom. The van der Waals surface area contributed by atoms with E-state index >= 15 is 0 Å². The largest absolute Gasteiger partial charge is 0.340 e. The first-order valence-electron chi connectivity index (χ1n) is 8.54. The number of nitriles is 1. The van der Waals surface area contributed by atoms with Gasteiger partial charge in [0.2, 0.25) is 15.9 Å². The van der Waals surface area contributed by atoms with Gasteiger partial charge in [-0.15, -0.1) is 0 Å². The summed E-state index contributed by atoms with van der Waals surface area (Å²) in [5, 5.41) is 9.88. The number of benzene rings is 2. The number of sulfonamides is 1. The van der Waals surface area contributed by atoms with Crippen molar-refractivity contribution < 1.29 is 13.2 Å². The average Bonchev–Trinajstić information content (AvgIpc) is 2.69. The highest BCUT2D eigenvalue weighted by atomic mass is 35.5. The van der Waals surface area contributed by atoms with Gasteiger partial charge in [0.05, 0.1) is 17.0 Å². The zero-order chi connectivity index (χ0) is 20.3. The molecule has 1 fully saturated rings. The molecule has 2 aromatic carbocycles. The molecule has 2 aromatic rings. The van der Waals surface area contributed by atoms with Gasteiger partial charge in [-0.25, -0.2) is 8.42 Å². The highest BCUT2D eigenvalue weighted by molar-refractivity contribution is 7.89. The van der Waals surface area contributed by atoms with Gasteiger partial charge in [0.1, 0.15) is 11.0 Å². The number of hydrogen-bond acceptors (Lipinski definition) is 4. The van der Waals surface area contributed by atoms with Gasteiger partial charge < -0.3 is 4.90 Å². The topological polar surface area (TPSA) is 81.5 Å². The minimum atomic E-state index is -3.87. The fraction of sp³-hybridized carbons (Fsp3) is 0.263. The Morgan fingerprint density at radius 1 is 1.00 bits per heavy atom. The molecule has 1 heterocycles. The first-order valence-corrected chi connectivity index (χ1v) is 10.7. The number of rotatable bonds is 4. The first-order chi connectivity index (χ1) is 13.3. The van der Waals surface area contributed by atoms with Crippen LogP contribution >= 0.6 is 23.2 Å². The van der Waals surface area contributed by atoms with Crippen LogP contribution in [0.1, 0.15) is 11.1 Å². The standard InChI is InChI=1S/C19H17Cl2N3O3S/c20-16-5-2-1-4-14(16)12-19(25)23-8-10-24(11-9-23)28(26,27)18-7-3-6-17(21)15(18)13-22/h1-7H,8-12H2. The summed E-state index contributed by atoms with van der Waals surface area (Å²) >= 11 is 12.1. The normalized spacial score (nSPS) is 15.2. The first kappa shape index (κ1) is 20.6. The van der Waals surface area contributed by atoms with E-state index in [1.807, 2.05) is 12.1 Å². The van der Waals surface area contributed by atoms with E-state index in [1.54, 1.807) is 23.1 Å². The number of carbonyl (C=O) groups is 1. The van der Waals surface area contributed by atoms with E-state index in [9.17, 15) is 18.5 Å². The number of piperazine rings is 1. The summed E-state index contributed by atoms with van der Waals surface area (Å²) in [6.07, 6.45) is 0.166. The molecule has 6 nitrogen and oxygen atoms in total. The lowest BCUT2D eigenvalue weighted by Gasteiger charge is -2.34. The van der Waals surface area contributed by atoms with E-state index in [1.165, 1.54) is 22.5 Å². The van der Waals surface area contributed by atoms with Gasteiger partial charge in [-0.1, -0.05) is 47.5 Å². The molecule has 1 aliphatic heterocycles. The summed E-state index contributed by atoms with van der Waals surface area (Å²) in [5.74, 6) is -0.106. The zero-order valence-electron chi connectivity index (χ0n) is 14.8. The molecule has 0 unspecified atom stereocenters. The Bertz CT molecular complexity index is 1040. The van der Waals surface area contributed by atoms with Crippen molar-refractivity contribution >= 4 is 39.1 Å². The fourth-order valence-electron chi connectivity index (χ4n) is 3.06. The number of carbonyl (C=O) groups excluding carboxylic acids is 1. The van der Waals surface area contributed by atoms with E-state index in [-0.39, 0.29) is 54.0 Å². The number of halogens is 2. The summed E-state index contributed by atoms with van der Waals surface area (Å²) in [5.41, 5.74) is 0.670. The lowest BCUT2D eigenvalue weighted by Crippen LogP contribution is -2.51. The molecule has 1 amide bonds. The predicted octanol–water partition coefficient (Wildman–Crippen LogP) is 2.94.